The molecule has 0 atom stereocenters. The number of nitrogens with zero attached hydrogens (tertiary/aromatic N) is 2. The molecular formula is C23H16ClN3O2. The summed E-state index contributed by atoms with van der Waals surface area (Å²) in [6, 6.07) is 19.0. The van der Waals surface area contributed by atoms with Crippen molar-refractivity contribution in [2.45, 2.75) is 0 Å². The van der Waals surface area contributed by atoms with Crippen LogP contribution in [-0.4, -0.2) is 22.4 Å². The molecule has 6 heteroatoms. The Bertz CT molecular complexity index is 1290. The monoisotopic (exact) mass is 401 g/mol. The van der Waals surface area contributed by atoms with E-state index in [-0.39, 0.29) is 5.91 Å². The van der Waals surface area contributed by atoms with Crippen LogP contribution in [0.1, 0.15) is 11.3 Å². The minimum absolute atomic E-state index is 0.158. The number of fused-ring (bicyclic) bond motifs is 2. The second-order valence-corrected chi connectivity index (χ2v) is 7.14. The first-order chi connectivity index (χ1) is 14.1. The van der Waals surface area contributed by atoms with E-state index in [2.05, 4.69) is 5.32 Å². The van der Waals surface area contributed by atoms with Crippen LogP contribution in [-0.2, 0) is 4.79 Å². The number of imidazole rings is 1. The van der Waals surface area contributed by atoms with E-state index in [9.17, 15) is 4.79 Å². The van der Waals surface area contributed by atoms with Gasteiger partial charge in [0.15, 0.2) is 0 Å². The van der Waals surface area contributed by atoms with Crippen LogP contribution in [0.5, 0.6) is 5.75 Å². The van der Waals surface area contributed by atoms with E-state index in [4.69, 9.17) is 21.3 Å². The first-order valence-electron chi connectivity index (χ1n) is 9.08. The molecule has 2 aromatic carbocycles. The van der Waals surface area contributed by atoms with Crippen molar-refractivity contribution in [2.24, 2.45) is 0 Å². The highest BCUT2D eigenvalue weighted by atomic mass is 35.5. The third-order valence-corrected chi connectivity index (χ3v) is 5.21. The van der Waals surface area contributed by atoms with Gasteiger partial charge in [0.25, 0.3) is 5.91 Å². The van der Waals surface area contributed by atoms with E-state index in [1.54, 1.807) is 19.2 Å². The van der Waals surface area contributed by atoms with Gasteiger partial charge >= 0.3 is 0 Å². The van der Waals surface area contributed by atoms with Crippen molar-refractivity contribution in [3.8, 4) is 17.0 Å². The maximum Gasteiger partial charge on any atom is 0.256 e. The number of carbonyl (C=O) groups excluding carboxylic acids is 1. The molecule has 5 nitrogen and oxygen atoms in total. The van der Waals surface area contributed by atoms with Crippen LogP contribution in [0.4, 0.5) is 5.69 Å². The zero-order valence-electron chi connectivity index (χ0n) is 15.5. The predicted molar refractivity (Wildman–Crippen MR) is 115 cm³/mol. The first kappa shape index (κ1) is 17.5. The van der Waals surface area contributed by atoms with Crippen LogP contribution in [0.15, 0.2) is 66.9 Å². The summed E-state index contributed by atoms with van der Waals surface area (Å²) in [6.07, 6.45) is 3.83. The molecule has 142 valence electrons. The number of ether oxygens (including phenoxy) is 1. The molecular weight excluding hydrogens is 386 g/mol. The number of hydrogen-bond acceptors (Lipinski definition) is 3. The lowest BCUT2D eigenvalue weighted by molar-refractivity contribution is -0.110. The summed E-state index contributed by atoms with van der Waals surface area (Å²) in [5, 5.41) is 3.47. The summed E-state index contributed by atoms with van der Waals surface area (Å²) in [5.74, 6) is 0.618. The fourth-order valence-electron chi connectivity index (χ4n) is 3.56. The number of hydrogen-bond donors (Lipinski definition) is 1. The van der Waals surface area contributed by atoms with Gasteiger partial charge in [-0.05, 0) is 54.6 Å². The average Bonchev–Trinajstić information content (AvgIpc) is 3.25. The number of aromatic nitrogens is 2. The summed E-state index contributed by atoms with van der Waals surface area (Å²) in [7, 11) is 1.64. The minimum atomic E-state index is -0.158. The molecule has 1 amide bonds. The Balaban J connectivity index is 1.73. The topological polar surface area (TPSA) is 55.6 Å². The third kappa shape index (κ3) is 2.96. The van der Waals surface area contributed by atoms with E-state index in [0.717, 1.165) is 33.9 Å². The predicted octanol–water partition coefficient (Wildman–Crippen LogP) is 5.16. The largest absolute Gasteiger partial charge is 0.497 e. The molecule has 1 aliphatic heterocycles. The van der Waals surface area contributed by atoms with Crippen molar-refractivity contribution in [1.82, 2.24) is 9.38 Å². The molecule has 3 heterocycles. The van der Waals surface area contributed by atoms with E-state index >= 15 is 0 Å². The molecule has 0 unspecified atom stereocenters. The quantitative estimate of drug-likeness (QED) is 0.482. The highest BCUT2D eigenvalue weighted by molar-refractivity contribution is 6.36. The van der Waals surface area contributed by atoms with Gasteiger partial charge in [0.05, 0.1) is 29.8 Å². The number of pyridine rings is 1. The van der Waals surface area contributed by atoms with Crippen molar-refractivity contribution in [3.05, 3.63) is 83.1 Å². The number of nitrogens with one attached hydrogen (secondary N) is 1. The lowest BCUT2D eigenvalue weighted by atomic mass is 10.0. The zero-order valence-corrected chi connectivity index (χ0v) is 16.3. The Morgan fingerprint density at radius 1 is 1.10 bits per heavy atom. The molecule has 0 fully saturated rings. The van der Waals surface area contributed by atoms with Gasteiger partial charge in [0.2, 0.25) is 0 Å². The van der Waals surface area contributed by atoms with Gasteiger partial charge in [-0.15, -0.1) is 0 Å². The molecule has 0 radical (unpaired) electrons. The molecule has 0 saturated heterocycles. The Labute approximate surface area is 172 Å². The smallest absolute Gasteiger partial charge is 0.256 e. The lowest BCUT2D eigenvalue weighted by Gasteiger charge is -2.04. The molecule has 0 aliphatic carbocycles. The highest BCUT2D eigenvalue weighted by Gasteiger charge is 2.25. The number of benzene rings is 2. The van der Waals surface area contributed by atoms with Gasteiger partial charge in [0.1, 0.15) is 11.4 Å². The maximum atomic E-state index is 12.7. The van der Waals surface area contributed by atoms with Gasteiger partial charge in [-0.3, -0.25) is 9.20 Å². The van der Waals surface area contributed by atoms with Gasteiger partial charge < -0.3 is 10.1 Å². The van der Waals surface area contributed by atoms with E-state index in [0.29, 0.717) is 16.3 Å². The van der Waals surface area contributed by atoms with Crippen LogP contribution < -0.4 is 10.1 Å². The van der Waals surface area contributed by atoms with Crippen LogP contribution in [0.3, 0.4) is 0 Å². The molecule has 1 N–H and O–H groups in total. The zero-order chi connectivity index (χ0) is 20.0. The number of amides is 1. The number of halogens is 1. The standard InChI is InChI=1S/C23H16ClN3O2/c1-29-16-8-5-14(6-9-16)22-20(27-11-3-2-4-21(27)26-22)13-18-17-10-7-15(24)12-19(17)25-23(18)28/h2-13H,1H3,(H,25,28)/b18-13+. The summed E-state index contributed by atoms with van der Waals surface area (Å²) in [6.45, 7) is 0. The van der Waals surface area contributed by atoms with Gasteiger partial charge in [0, 0.05) is 22.3 Å². The van der Waals surface area contributed by atoms with Crippen molar-refractivity contribution >= 4 is 40.5 Å². The van der Waals surface area contributed by atoms with E-state index in [1.165, 1.54) is 0 Å². The van der Waals surface area contributed by atoms with Crippen molar-refractivity contribution < 1.29 is 9.53 Å². The Kier molecular flexibility index (Phi) is 4.11. The summed E-state index contributed by atoms with van der Waals surface area (Å²) in [5.41, 5.74) is 5.49. The maximum absolute atomic E-state index is 12.7. The van der Waals surface area contributed by atoms with Gasteiger partial charge in [-0.1, -0.05) is 23.7 Å². The van der Waals surface area contributed by atoms with Gasteiger partial charge in [-0.25, -0.2) is 4.98 Å². The molecule has 1 aliphatic rings. The minimum Gasteiger partial charge on any atom is -0.497 e. The van der Waals surface area contributed by atoms with E-state index in [1.807, 2.05) is 65.2 Å². The number of methoxy groups -OCH3 is 1. The van der Waals surface area contributed by atoms with Crippen LogP contribution in [0, 0.1) is 0 Å². The normalized spacial score (nSPS) is 14.3. The number of anilines is 1. The average molecular weight is 402 g/mol. The Morgan fingerprint density at radius 2 is 1.93 bits per heavy atom. The molecule has 0 saturated carbocycles. The summed E-state index contributed by atoms with van der Waals surface area (Å²) < 4.78 is 7.24. The van der Waals surface area contributed by atoms with Crippen LogP contribution >= 0.6 is 11.6 Å². The molecule has 5 rings (SSSR count). The number of carbonyl (C=O) groups is 1. The van der Waals surface area contributed by atoms with Gasteiger partial charge in [-0.2, -0.15) is 0 Å². The van der Waals surface area contributed by atoms with Crippen LogP contribution in [0.2, 0.25) is 5.02 Å². The third-order valence-electron chi connectivity index (χ3n) is 4.98. The molecule has 0 bridgehead atoms. The van der Waals surface area contributed by atoms with Crippen molar-refractivity contribution in [1.29, 1.82) is 0 Å². The fraction of sp³-hybridized carbons (Fsp3) is 0.0435. The van der Waals surface area contributed by atoms with Crippen molar-refractivity contribution in [3.63, 3.8) is 0 Å². The van der Waals surface area contributed by atoms with E-state index < -0.39 is 0 Å². The number of rotatable bonds is 3. The Morgan fingerprint density at radius 3 is 2.72 bits per heavy atom. The SMILES string of the molecule is COc1ccc(-c2nc3ccccn3c2/C=C2/C(=O)Nc3cc(Cl)ccc32)cc1. The van der Waals surface area contributed by atoms with Crippen molar-refractivity contribution in [2.75, 3.05) is 12.4 Å². The molecule has 0 spiro atoms. The highest BCUT2D eigenvalue weighted by Crippen LogP contribution is 2.36. The summed E-state index contributed by atoms with van der Waals surface area (Å²) >= 11 is 6.07. The first-order valence-corrected chi connectivity index (χ1v) is 9.46. The van der Waals surface area contributed by atoms with Crippen LogP contribution in [0.25, 0.3) is 28.6 Å². The second kappa shape index (κ2) is 6.79. The molecule has 4 aromatic rings. The lowest BCUT2D eigenvalue weighted by Crippen LogP contribution is -2.04. The second-order valence-electron chi connectivity index (χ2n) is 6.71. The molecule has 2 aromatic heterocycles. The summed E-state index contributed by atoms with van der Waals surface area (Å²) in [4.78, 5) is 17.5. The Hall–Kier alpha value is -3.57. The fourth-order valence-corrected chi connectivity index (χ4v) is 3.73. The molecule has 29 heavy (non-hydrogen) atoms.